The first-order valence-corrected chi connectivity index (χ1v) is 7.06. The molecule has 0 saturated carbocycles. The Hall–Kier alpha value is -1.75. The number of benzene rings is 1. The van der Waals surface area contributed by atoms with E-state index in [2.05, 4.69) is 24.1 Å². The number of hydrogen-bond acceptors (Lipinski definition) is 3. The lowest BCUT2D eigenvalue weighted by molar-refractivity contribution is 0.194. The number of nitrogens with zero attached hydrogens (tertiary/aromatic N) is 1. The highest BCUT2D eigenvalue weighted by molar-refractivity contribution is 5.64. The van der Waals surface area contributed by atoms with Gasteiger partial charge in [-0.25, -0.2) is 4.79 Å². The van der Waals surface area contributed by atoms with Gasteiger partial charge in [0.05, 0.1) is 0 Å². The maximum atomic E-state index is 10.3. The van der Waals surface area contributed by atoms with Gasteiger partial charge in [0, 0.05) is 13.1 Å². The molecule has 0 aliphatic heterocycles. The number of amides is 1. The molecule has 1 aromatic carbocycles. The van der Waals surface area contributed by atoms with Crippen molar-refractivity contribution in [1.82, 2.24) is 10.2 Å². The molecule has 5 heteroatoms. The van der Waals surface area contributed by atoms with Gasteiger partial charge in [0.15, 0.2) is 0 Å². The van der Waals surface area contributed by atoms with E-state index in [0.29, 0.717) is 19.6 Å². The molecule has 0 spiro atoms. The van der Waals surface area contributed by atoms with Gasteiger partial charge < -0.3 is 20.1 Å². The Labute approximate surface area is 120 Å². The lowest BCUT2D eigenvalue weighted by Gasteiger charge is -2.18. The lowest BCUT2D eigenvalue weighted by Crippen LogP contribution is -2.27. The Morgan fingerprint density at radius 3 is 2.45 bits per heavy atom. The molecule has 0 atom stereocenters. The summed E-state index contributed by atoms with van der Waals surface area (Å²) in [6.45, 7) is 8.40. The standard InChI is InChI=1S/C15H24N2O3/c1-3-17(4-2)11-12-20-14-7-5-13(6-8-14)9-10-16-15(18)19/h5-8,16H,3-4,9-12H2,1-2H3,(H,18,19). The molecule has 0 aliphatic carbocycles. The van der Waals surface area contributed by atoms with Gasteiger partial charge in [-0.3, -0.25) is 0 Å². The molecule has 20 heavy (non-hydrogen) atoms. The second kappa shape index (κ2) is 9.20. The van der Waals surface area contributed by atoms with Crippen molar-refractivity contribution in [2.45, 2.75) is 20.3 Å². The minimum absolute atomic E-state index is 0.428. The van der Waals surface area contributed by atoms with Gasteiger partial charge in [0.2, 0.25) is 0 Å². The largest absolute Gasteiger partial charge is 0.492 e. The third-order valence-corrected chi connectivity index (χ3v) is 3.18. The number of rotatable bonds is 9. The van der Waals surface area contributed by atoms with Crippen LogP contribution < -0.4 is 10.1 Å². The molecule has 2 N–H and O–H groups in total. The van der Waals surface area contributed by atoms with Gasteiger partial charge in [-0.15, -0.1) is 0 Å². The molecule has 0 fully saturated rings. The highest BCUT2D eigenvalue weighted by Crippen LogP contribution is 2.12. The summed E-state index contributed by atoms with van der Waals surface area (Å²) >= 11 is 0. The number of likely N-dealkylation sites (N-methyl/N-ethyl adjacent to an activating group) is 1. The molecule has 0 radical (unpaired) electrons. The van der Waals surface area contributed by atoms with Crippen molar-refractivity contribution in [2.75, 3.05) is 32.8 Å². The summed E-state index contributed by atoms with van der Waals surface area (Å²) in [4.78, 5) is 12.6. The van der Waals surface area contributed by atoms with Crippen LogP contribution in [0.2, 0.25) is 0 Å². The third-order valence-electron chi connectivity index (χ3n) is 3.18. The molecule has 1 amide bonds. The van der Waals surface area contributed by atoms with Crippen LogP contribution in [0.15, 0.2) is 24.3 Å². The van der Waals surface area contributed by atoms with E-state index < -0.39 is 6.09 Å². The molecule has 1 rings (SSSR count). The van der Waals surface area contributed by atoms with E-state index in [1.165, 1.54) is 0 Å². The second-order valence-corrected chi connectivity index (χ2v) is 4.50. The summed E-state index contributed by atoms with van der Waals surface area (Å²) in [6.07, 6.45) is -0.298. The summed E-state index contributed by atoms with van der Waals surface area (Å²) in [5, 5.41) is 10.8. The number of hydrogen-bond donors (Lipinski definition) is 2. The van der Waals surface area contributed by atoms with Crippen molar-refractivity contribution < 1.29 is 14.6 Å². The van der Waals surface area contributed by atoms with Gasteiger partial charge in [-0.2, -0.15) is 0 Å². The molecular formula is C15H24N2O3. The molecule has 0 aromatic heterocycles. The lowest BCUT2D eigenvalue weighted by atomic mass is 10.1. The molecule has 0 saturated heterocycles. The van der Waals surface area contributed by atoms with Crippen molar-refractivity contribution in [1.29, 1.82) is 0 Å². The van der Waals surface area contributed by atoms with Crippen molar-refractivity contribution >= 4 is 6.09 Å². The van der Waals surface area contributed by atoms with Crippen molar-refractivity contribution in [3.05, 3.63) is 29.8 Å². The Morgan fingerprint density at radius 1 is 1.25 bits per heavy atom. The highest BCUT2D eigenvalue weighted by Gasteiger charge is 2.00. The van der Waals surface area contributed by atoms with E-state index >= 15 is 0 Å². The molecule has 0 aliphatic rings. The number of carboxylic acid groups (broad SMARTS) is 1. The van der Waals surface area contributed by atoms with Gasteiger partial charge in [-0.1, -0.05) is 26.0 Å². The van der Waals surface area contributed by atoms with E-state index in [9.17, 15) is 4.79 Å². The number of carbonyl (C=O) groups is 1. The maximum Gasteiger partial charge on any atom is 0.404 e. The molecule has 112 valence electrons. The monoisotopic (exact) mass is 280 g/mol. The predicted molar refractivity (Wildman–Crippen MR) is 79.5 cm³/mol. The van der Waals surface area contributed by atoms with E-state index in [1.807, 2.05) is 24.3 Å². The zero-order valence-corrected chi connectivity index (χ0v) is 12.3. The van der Waals surface area contributed by atoms with Crippen LogP contribution in [0.3, 0.4) is 0 Å². The van der Waals surface area contributed by atoms with Crippen LogP contribution in [0, 0.1) is 0 Å². The van der Waals surface area contributed by atoms with Crippen LogP contribution in [0.1, 0.15) is 19.4 Å². The van der Waals surface area contributed by atoms with Crippen molar-refractivity contribution in [2.24, 2.45) is 0 Å². The minimum atomic E-state index is -0.985. The fourth-order valence-corrected chi connectivity index (χ4v) is 1.90. The zero-order valence-electron chi connectivity index (χ0n) is 12.3. The fourth-order valence-electron chi connectivity index (χ4n) is 1.90. The topological polar surface area (TPSA) is 61.8 Å². The Morgan fingerprint density at radius 2 is 1.90 bits per heavy atom. The van der Waals surface area contributed by atoms with Gasteiger partial charge >= 0.3 is 6.09 Å². The van der Waals surface area contributed by atoms with E-state index in [1.54, 1.807) is 0 Å². The molecule has 0 unspecified atom stereocenters. The van der Waals surface area contributed by atoms with E-state index in [0.717, 1.165) is 30.9 Å². The Balaban J connectivity index is 2.29. The first kappa shape index (κ1) is 16.3. The predicted octanol–water partition coefficient (Wildman–Crippen LogP) is 2.22. The normalized spacial score (nSPS) is 10.6. The quantitative estimate of drug-likeness (QED) is 0.728. The summed E-state index contributed by atoms with van der Waals surface area (Å²) in [6, 6.07) is 7.79. The number of nitrogens with one attached hydrogen (secondary N) is 1. The van der Waals surface area contributed by atoms with Crippen LogP contribution in [0.25, 0.3) is 0 Å². The Kier molecular flexibility index (Phi) is 7.50. The van der Waals surface area contributed by atoms with E-state index in [4.69, 9.17) is 9.84 Å². The SMILES string of the molecule is CCN(CC)CCOc1ccc(CCNC(=O)O)cc1. The van der Waals surface area contributed by atoms with Gasteiger partial charge in [0.25, 0.3) is 0 Å². The average Bonchev–Trinajstić information content (AvgIpc) is 2.45. The van der Waals surface area contributed by atoms with Crippen LogP contribution in [0.5, 0.6) is 5.75 Å². The van der Waals surface area contributed by atoms with Gasteiger partial charge in [-0.05, 0) is 37.2 Å². The molecular weight excluding hydrogens is 256 g/mol. The van der Waals surface area contributed by atoms with Crippen molar-refractivity contribution in [3.8, 4) is 5.75 Å². The second-order valence-electron chi connectivity index (χ2n) is 4.50. The molecule has 5 nitrogen and oxygen atoms in total. The number of ether oxygens (including phenoxy) is 1. The fraction of sp³-hybridized carbons (Fsp3) is 0.533. The smallest absolute Gasteiger partial charge is 0.404 e. The van der Waals surface area contributed by atoms with Crippen molar-refractivity contribution in [3.63, 3.8) is 0 Å². The van der Waals surface area contributed by atoms with Crippen LogP contribution in [-0.2, 0) is 6.42 Å². The summed E-state index contributed by atoms with van der Waals surface area (Å²) in [5.41, 5.74) is 1.09. The first-order valence-electron chi connectivity index (χ1n) is 7.06. The first-order chi connectivity index (χ1) is 9.65. The Bertz CT molecular complexity index is 389. The molecule has 0 bridgehead atoms. The molecule has 1 aromatic rings. The minimum Gasteiger partial charge on any atom is -0.492 e. The summed E-state index contributed by atoms with van der Waals surface area (Å²) < 4.78 is 5.69. The highest BCUT2D eigenvalue weighted by atomic mass is 16.5. The third kappa shape index (κ3) is 6.43. The summed E-state index contributed by atoms with van der Waals surface area (Å²) in [5.74, 6) is 0.854. The zero-order chi connectivity index (χ0) is 14.8. The maximum absolute atomic E-state index is 10.3. The summed E-state index contributed by atoms with van der Waals surface area (Å²) in [7, 11) is 0. The van der Waals surface area contributed by atoms with Crippen LogP contribution in [-0.4, -0.2) is 48.9 Å². The van der Waals surface area contributed by atoms with Crippen LogP contribution >= 0.6 is 0 Å². The van der Waals surface area contributed by atoms with Gasteiger partial charge in [0.1, 0.15) is 12.4 Å². The average molecular weight is 280 g/mol. The van der Waals surface area contributed by atoms with E-state index in [-0.39, 0.29) is 0 Å². The molecule has 0 heterocycles. The van der Waals surface area contributed by atoms with Crippen LogP contribution in [0.4, 0.5) is 4.79 Å².